The van der Waals surface area contributed by atoms with Crippen molar-refractivity contribution in [3.63, 3.8) is 0 Å². The van der Waals surface area contributed by atoms with E-state index < -0.39 is 5.92 Å². The molecule has 0 bridgehead atoms. The minimum atomic E-state index is -0.865. The molecule has 1 aliphatic rings. The summed E-state index contributed by atoms with van der Waals surface area (Å²) in [6.45, 7) is 0. The maximum atomic E-state index is 12.4. The Morgan fingerprint density at radius 2 is 1.55 bits per heavy atom. The van der Waals surface area contributed by atoms with Crippen molar-refractivity contribution in [2.45, 2.75) is 18.8 Å². The SMILES string of the molecule is N#CC(C1=CCCC1=O)c1cc2ccccc2c(-c2c(O)ccc3ccccc23)c1O. The molecule has 5 rings (SSSR count). The summed E-state index contributed by atoms with van der Waals surface area (Å²) in [6.07, 6.45) is 2.79. The quantitative estimate of drug-likeness (QED) is 0.440. The highest BCUT2D eigenvalue weighted by atomic mass is 16.3. The zero-order chi connectivity index (χ0) is 21.5. The Morgan fingerprint density at radius 1 is 0.871 bits per heavy atom. The van der Waals surface area contributed by atoms with E-state index in [0.29, 0.717) is 35.1 Å². The summed E-state index contributed by atoms with van der Waals surface area (Å²) in [4.78, 5) is 12.4. The van der Waals surface area contributed by atoms with Crippen LogP contribution in [-0.4, -0.2) is 16.0 Å². The van der Waals surface area contributed by atoms with Gasteiger partial charge in [-0.25, -0.2) is 0 Å². The van der Waals surface area contributed by atoms with Crippen molar-refractivity contribution in [2.24, 2.45) is 0 Å². The van der Waals surface area contributed by atoms with Crippen LogP contribution in [0.4, 0.5) is 0 Å². The number of rotatable bonds is 3. The van der Waals surface area contributed by atoms with Crippen molar-refractivity contribution in [1.29, 1.82) is 5.26 Å². The Hall–Kier alpha value is -4.10. The van der Waals surface area contributed by atoms with Crippen LogP contribution in [0, 0.1) is 11.3 Å². The lowest BCUT2D eigenvalue weighted by molar-refractivity contribution is -0.115. The zero-order valence-corrected chi connectivity index (χ0v) is 16.7. The van der Waals surface area contributed by atoms with Crippen LogP contribution in [0.2, 0.25) is 0 Å². The first kappa shape index (κ1) is 18.9. The number of phenolic OH excluding ortho intramolecular Hbond substituents is 2. The second-order valence-corrected chi connectivity index (χ2v) is 7.77. The predicted molar refractivity (Wildman–Crippen MR) is 121 cm³/mol. The van der Waals surface area contributed by atoms with Crippen LogP contribution >= 0.6 is 0 Å². The fraction of sp³-hybridized carbons (Fsp3) is 0.111. The molecule has 0 amide bonds. The second kappa shape index (κ2) is 7.30. The van der Waals surface area contributed by atoms with Gasteiger partial charge < -0.3 is 10.2 Å². The molecule has 0 spiro atoms. The molecule has 4 heteroatoms. The molecule has 0 saturated heterocycles. The fourth-order valence-electron chi connectivity index (χ4n) is 4.56. The van der Waals surface area contributed by atoms with Crippen molar-refractivity contribution in [3.05, 3.63) is 83.9 Å². The number of hydrogen-bond acceptors (Lipinski definition) is 4. The van der Waals surface area contributed by atoms with Crippen LogP contribution in [0.25, 0.3) is 32.7 Å². The molecule has 0 aliphatic heterocycles. The van der Waals surface area contributed by atoms with E-state index in [4.69, 9.17) is 0 Å². The molecule has 1 atom stereocenters. The van der Waals surface area contributed by atoms with Crippen LogP contribution in [0.1, 0.15) is 24.3 Å². The largest absolute Gasteiger partial charge is 0.507 e. The molecule has 150 valence electrons. The van der Waals surface area contributed by atoms with Crippen molar-refractivity contribution in [2.75, 3.05) is 0 Å². The predicted octanol–water partition coefficient (Wildman–Crippen LogP) is 5.97. The van der Waals surface area contributed by atoms with Gasteiger partial charge in [0.25, 0.3) is 0 Å². The zero-order valence-electron chi connectivity index (χ0n) is 16.7. The highest BCUT2D eigenvalue weighted by Gasteiger charge is 2.30. The average Bonchev–Trinajstić information content (AvgIpc) is 3.21. The van der Waals surface area contributed by atoms with Crippen LogP contribution in [0.3, 0.4) is 0 Å². The molecule has 0 heterocycles. The van der Waals surface area contributed by atoms with Crippen molar-refractivity contribution in [1.82, 2.24) is 0 Å². The van der Waals surface area contributed by atoms with E-state index in [2.05, 4.69) is 6.07 Å². The summed E-state index contributed by atoms with van der Waals surface area (Å²) in [5, 5.41) is 35.6. The second-order valence-electron chi connectivity index (χ2n) is 7.77. The lowest BCUT2D eigenvalue weighted by Crippen LogP contribution is -2.07. The van der Waals surface area contributed by atoms with Gasteiger partial charge in [0.05, 0.1) is 6.07 Å². The number of nitriles is 1. The number of benzene rings is 4. The lowest BCUT2D eigenvalue weighted by atomic mass is 9.84. The maximum Gasteiger partial charge on any atom is 0.160 e. The minimum absolute atomic E-state index is 0.0426. The summed E-state index contributed by atoms with van der Waals surface area (Å²) in [5.74, 6) is -0.970. The Morgan fingerprint density at radius 3 is 2.23 bits per heavy atom. The first-order valence-corrected chi connectivity index (χ1v) is 10.2. The number of carbonyl (C=O) groups is 1. The maximum absolute atomic E-state index is 12.4. The third-order valence-electron chi connectivity index (χ3n) is 6.02. The highest BCUT2D eigenvalue weighted by Crippen LogP contribution is 2.48. The standard InChI is InChI=1S/C27H19NO3/c28-15-22(20-10-5-11-23(20)29)21-14-17-7-2-4-9-19(17)26(27(21)31)25-18-8-3-1-6-16(18)12-13-24(25)30/h1-4,6-10,12-14,22,30-31H,5,11H2. The van der Waals surface area contributed by atoms with Gasteiger partial charge in [-0.1, -0.05) is 60.7 Å². The van der Waals surface area contributed by atoms with Crippen molar-refractivity contribution in [3.8, 4) is 28.7 Å². The van der Waals surface area contributed by atoms with Gasteiger partial charge in [-0.3, -0.25) is 4.79 Å². The van der Waals surface area contributed by atoms with Gasteiger partial charge in [-0.05, 0) is 40.1 Å². The summed E-state index contributed by atoms with van der Waals surface area (Å²) >= 11 is 0. The Labute approximate surface area is 179 Å². The van der Waals surface area contributed by atoms with Gasteiger partial charge >= 0.3 is 0 Å². The number of Topliss-reactive ketones (excluding diaryl/α,β-unsaturated/α-hetero) is 1. The van der Waals surface area contributed by atoms with E-state index in [1.165, 1.54) is 0 Å². The number of nitrogens with zero attached hydrogens (tertiary/aromatic N) is 1. The Kier molecular flexibility index (Phi) is 4.45. The van der Waals surface area contributed by atoms with Crippen LogP contribution in [0.5, 0.6) is 11.5 Å². The highest BCUT2D eigenvalue weighted by molar-refractivity contribution is 6.10. The molecule has 1 unspecified atom stereocenters. The topological polar surface area (TPSA) is 81.3 Å². The molecule has 0 radical (unpaired) electrons. The van der Waals surface area contributed by atoms with E-state index in [1.807, 2.05) is 54.6 Å². The van der Waals surface area contributed by atoms with E-state index >= 15 is 0 Å². The van der Waals surface area contributed by atoms with Crippen LogP contribution < -0.4 is 0 Å². The first-order valence-electron chi connectivity index (χ1n) is 10.2. The number of allylic oxidation sites excluding steroid dienone is 2. The van der Waals surface area contributed by atoms with Gasteiger partial charge in [0, 0.05) is 28.7 Å². The fourth-order valence-corrected chi connectivity index (χ4v) is 4.56. The van der Waals surface area contributed by atoms with Gasteiger partial charge in [-0.2, -0.15) is 5.26 Å². The number of phenols is 2. The van der Waals surface area contributed by atoms with Crippen LogP contribution in [-0.2, 0) is 4.79 Å². The van der Waals surface area contributed by atoms with E-state index in [0.717, 1.165) is 21.5 Å². The van der Waals surface area contributed by atoms with Gasteiger partial charge in [-0.15, -0.1) is 0 Å². The van der Waals surface area contributed by atoms with Gasteiger partial charge in [0.1, 0.15) is 17.4 Å². The molecule has 4 aromatic carbocycles. The average molecular weight is 405 g/mol. The molecule has 4 nitrogen and oxygen atoms in total. The van der Waals surface area contributed by atoms with Gasteiger partial charge in [0.15, 0.2) is 5.78 Å². The monoisotopic (exact) mass is 405 g/mol. The molecule has 0 saturated carbocycles. The number of aromatic hydroxyl groups is 2. The Balaban J connectivity index is 1.89. The molecule has 1 aliphatic carbocycles. The van der Waals surface area contributed by atoms with Gasteiger partial charge in [0.2, 0.25) is 0 Å². The first-order chi connectivity index (χ1) is 15.1. The van der Waals surface area contributed by atoms with Crippen molar-refractivity contribution >= 4 is 27.3 Å². The van der Waals surface area contributed by atoms with E-state index in [9.17, 15) is 20.3 Å². The number of ketones is 1. The molecule has 0 aromatic heterocycles. The molecule has 4 aromatic rings. The normalized spacial score (nSPS) is 14.5. The lowest BCUT2D eigenvalue weighted by Gasteiger charge is -2.19. The molecule has 31 heavy (non-hydrogen) atoms. The van der Waals surface area contributed by atoms with Crippen LogP contribution in [0.15, 0.2) is 78.4 Å². The summed E-state index contributed by atoms with van der Waals surface area (Å²) in [6, 6.07) is 22.6. The van der Waals surface area contributed by atoms with E-state index in [-0.39, 0.29) is 17.3 Å². The molecule has 0 fully saturated rings. The minimum Gasteiger partial charge on any atom is -0.507 e. The third-order valence-corrected chi connectivity index (χ3v) is 6.02. The molecular weight excluding hydrogens is 386 g/mol. The third kappa shape index (κ3) is 2.94. The smallest absolute Gasteiger partial charge is 0.160 e. The molecule has 2 N–H and O–H groups in total. The molecular formula is C27H19NO3. The summed E-state index contributed by atoms with van der Waals surface area (Å²) in [5.41, 5.74) is 1.79. The number of hydrogen-bond donors (Lipinski definition) is 2. The summed E-state index contributed by atoms with van der Waals surface area (Å²) in [7, 11) is 0. The number of fused-ring (bicyclic) bond motifs is 2. The summed E-state index contributed by atoms with van der Waals surface area (Å²) < 4.78 is 0. The van der Waals surface area contributed by atoms with E-state index in [1.54, 1.807) is 18.2 Å². The van der Waals surface area contributed by atoms with Crippen molar-refractivity contribution < 1.29 is 15.0 Å². The number of carbonyl (C=O) groups excluding carboxylic acids is 1. The Bertz CT molecular complexity index is 1440.